The van der Waals surface area contributed by atoms with Crippen LogP contribution in [0, 0.1) is 13.8 Å². The molecule has 0 aliphatic rings. The smallest absolute Gasteiger partial charge is 0.144 e. The first-order chi connectivity index (χ1) is 7.89. The van der Waals surface area contributed by atoms with E-state index in [1.807, 2.05) is 7.05 Å². The molecule has 1 aromatic rings. The van der Waals surface area contributed by atoms with Gasteiger partial charge in [0.15, 0.2) is 0 Å². The van der Waals surface area contributed by atoms with Crippen molar-refractivity contribution >= 4 is 5.69 Å². The molecule has 0 fully saturated rings. The van der Waals surface area contributed by atoms with Crippen molar-refractivity contribution in [1.82, 2.24) is 5.32 Å². The van der Waals surface area contributed by atoms with Gasteiger partial charge in [0.1, 0.15) is 5.75 Å². The van der Waals surface area contributed by atoms with Crippen LogP contribution in [0.15, 0.2) is 12.1 Å². The van der Waals surface area contributed by atoms with Gasteiger partial charge < -0.3 is 15.4 Å². The van der Waals surface area contributed by atoms with Gasteiger partial charge >= 0.3 is 0 Å². The highest BCUT2D eigenvalue weighted by atomic mass is 16.5. The van der Waals surface area contributed by atoms with E-state index in [1.165, 1.54) is 5.56 Å². The minimum absolute atomic E-state index is 0.0582. The molecule has 0 atom stereocenters. The largest absolute Gasteiger partial charge is 0.494 e. The number of aryl methyl sites for hydroxylation is 2. The van der Waals surface area contributed by atoms with Crippen molar-refractivity contribution in [3.8, 4) is 5.75 Å². The van der Waals surface area contributed by atoms with Crippen molar-refractivity contribution in [3.05, 3.63) is 23.3 Å². The lowest BCUT2D eigenvalue weighted by molar-refractivity contribution is 0.411. The van der Waals surface area contributed by atoms with E-state index >= 15 is 0 Å². The van der Waals surface area contributed by atoms with Gasteiger partial charge in [-0.1, -0.05) is 6.07 Å². The number of hydrogen-bond donors (Lipinski definition) is 2. The Bertz CT molecular complexity index is 386. The molecule has 0 radical (unpaired) electrons. The van der Waals surface area contributed by atoms with Crippen LogP contribution in [-0.2, 0) is 0 Å². The molecule has 0 bridgehead atoms. The van der Waals surface area contributed by atoms with E-state index < -0.39 is 0 Å². The molecule has 0 unspecified atom stereocenters. The Morgan fingerprint density at radius 3 is 2.41 bits per heavy atom. The molecule has 0 saturated heterocycles. The number of hydrogen-bond acceptors (Lipinski definition) is 3. The summed E-state index contributed by atoms with van der Waals surface area (Å²) in [6, 6.07) is 4.25. The number of ether oxygens (including phenoxy) is 1. The SMILES string of the molecule is CNC(C)(C)CNc1cc(C)cc(C)c1OC. The normalized spacial score (nSPS) is 11.4. The fourth-order valence-electron chi connectivity index (χ4n) is 1.76. The standard InChI is InChI=1S/C14H24N2O/c1-10-7-11(2)13(17-6)12(8-10)16-9-14(3,4)15-5/h7-8,15-16H,9H2,1-6H3. The summed E-state index contributed by atoms with van der Waals surface area (Å²) in [7, 11) is 3.69. The Hall–Kier alpha value is -1.22. The summed E-state index contributed by atoms with van der Waals surface area (Å²) in [4.78, 5) is 0. The van der Waals surface area contributed by atoms with Crippen LogP contribution in [0.25, 0.3) is 0 Å². The number of benzene rings is 1. The average molecular weight is 236 g/mol. The quantitative estimate of drug-likeness (QED) is 0.824. The van der Waals surface area contributed by atoms with Crippen LogP contribution in [-0.4, -0.2) is 26.2 Å². The number of rotatable bonds is 5. The second-order valence-electron chi connectivity index (χ2n) is 5.15. The van der Waals surface area contributed by atoms with Gasteiger partial charge in [-0.3, -0.25) is 0 Å². The van der Waals surface area contributed by atoms with Crippen LogP contribution >= 0.6 is 0 Å². The van der Waals surface area contributed by atoms with Gasteiger partial charge in [0, 0.05) is 12.1 Å². The Morgan fingerprint density at radius 1 is 1.24 bits per heavy atom. The van der Waals surface area contributed by atoms with Gasteiger partial charge in [-0.15, -0.1) is 0 Å². The van der Waals surface area contributed by atoms with E-state index in [4.69, 9.17) is 4.74 Å². The van der Waals surface area contributed by atoms with Gasteiger partial charge in [0.05, 0.1) is 12.8 Å². The summed E-state index contributed by atoms with van der Waals surface area (Å²) in [6.45, 7) is 9.34. The number of methoxy groups -OCH3 is 1. The van der Waals surface area contributed by atoms with Crippen LogP contribution in [0.5, 0.6) is 5.75 Å². The molecule has 0 amide bonds. The first-order valence-electron chi connectivity index (χ1n) is 5.97. The molecule has 0 aliphatic carbocycles. The lowest BCUT2D eigenvalue weighted by Gasteiger charge is -2.26. The summed E-state index contributed by atoms with van der Waals surface area (Å²) >= 11 is 0. The number of anilines is 1. The fourth-order valence-corrected chi connectivity index (χ4v) is 1.76. The van der Waals surface area contributed by atoms with Crippen LogP contribution < -0.4 is 15.4 Å². The highest BCUT2D eigenvalue weighted by Gasteiger charge is 2.15. The van der Waals surface area contributed by atoms with Crippen LogP contribution in [0.1, 0.15) is 25.0 Å². The van der Waals surface area contributed by atoms with Crippen LogP contribution in [0.4, 0.5) is 5.69 Å². The summed E-state index contributed by atoms with van der Waals surface area (Å²) in [6.07, 6.45) is 0. The zero-order valence-corrected chi connectivity index (χ0v) is 11.8. The van der Waals surface area contributed by atoms with Gasteiger partial charge in [-0.05, 0) is 51.9 Å². The monoisotopic (exact) mass is 236 g/mol. The lowest BCUT2D eigenvalue weighted by Crippen LogP contribution is -2.42. The summed E-state index contributed by atoms with van der Waals surface area (Å²) in [5.74, 6) is 0.933. The molecule has 0 aromatic heterocycles. The van der Waals surface area contributed by atoms with E-state index in [0.717, 1.165) is 23.5 Å². The predicted molar refractivity (Wildman–Crippen MR) is 74.1 cm³/mol. The first-order valence-corrected chi connectivity index (χ1v) is 5.97. The Morgan fingerprint density at radius 2 is 1.88 bits per heavy atom. The first kappa shape index (κ1) is 13.8. The number of nitrogens with one attached hydrogen (secondary N) is 2. The molecule has 1 rings (SSSR count). The van der Waals surface area contributed by atoms with Crippen molar-refractivity contribution in [2.45, 2.75) is 33.2 Å². The van der Waals surface area contributed by atoms with E-state index in [2.05, 4.69) is 50.5 Å². The van der Waals surface area contributed by atoms with Gasteiger partial charge in [-0.25, -0.2) is 0 Å². The minimum atomic E-state index is 0.0582. The maximum absolute atomic E-state index is 5.45. The highest BCUT2D eigenvalue weighted by molar-refractivity contribution is 5.61. The summed E-state index contributed by atoms with van der Waals surface area (Å²) in [5, 5.41) is 6.72. The van der Waals surface area contributed by atoms with Crippen LogP contribution in [0.2, 0.25) is 0 Å². The van der Waals surface area contributed by atoms with E-state index in [0.29, 0.717) is 0 Å². The molecule has 17 heavy (non-hydrogen) atoms. The number of likely N-dealkylation sites (N-methyl/N-ethyl adjacent to an activating group) is 1. The topological polar surface area (TPSA) is 33.3 Å². The molecule has 3 heteroatoms. The third-order valence-electron chi connectivity index (χ3n) is 3.02. The van der Waals surface area contributed by atoms with Crippen molar-refractivity contribution in [1.29, 1.82) is 0 Å². The molecular formula is C14H24N2O. The Kier molecular flexibility index (Phi) is 4.40. The zero-order valence-electron chi connectivity index (χ0n) is 11.8. The molecule has 0 heterocycles. The van der Waals surface area contributed by atoms with Crippen molar-refractivity contribution in [3.63, 3.8) is 0 Å². The second kappa shape index (κ2) is 5.41. The summed E-state index contributed by atoms with van der Waals surface area (Å²) < 4.78 is 5.45. The van der Waals surface area contributed by atoms with Gasteiger partial charge in [0.25, 0.3) is 0 Å². The molecule has 1 aromatic carbocycles. The molecular weight excluding hydrogens is 212 g/mol. The molecule has 0 spiro atoms. The maximum Gasteiger partial charge on any atom is 0.144 e. The third-order valence-corrected chi connectivity index (χ3v) is 3.02. The molecule has 3 nitrogen and oxygen atoms in total. The molecule has 96 valence electrons. The van der Waals surface area contributed by atoms with E-state index in [9.17, 15) is 0 Å². The van der Waals surface area contributed by atoms with Crippen molar-refractivity contribution < 1.29 is 4.74 Å². The zero-order chi connectivity index (χ0) is 13.1. The fraction of sp³-hybridized carbons (Fsp3) is 0.571. The maximum atomic E-state index is 5.45. The molecule has 0 saturated carbocycles. The molecule has 2 N–H and O–H groups in total. The van der Waals surface area contributed by atoms with Gasteiger partial charge in [0.2, 0.25) is 0 Å². The Balaban J connectivity index is 2.90. The Labute approximate surface area is 105 Å². The predicted octanol–water partition coefficient (Wildman–Crippen LogP) is 2.72. The van der Waals surface area contributed by atoms with Crippen LogP contribution in [0.3, 0.4) is 0 Å². The van der Waals surface area contributed by atoms with E-state index in [-0.39, 0.29) is 5.54 Å². The third kappa shape index (κ3) is 3.63. The van der Waals surface area contributed by atoms with Crippen molar-refractivity contribution in [2.75, 3.05) is 26.0 Å². The molecule has 0 aliphatic heterocycles. The lowest BCUT2D eigenvalue weighted by atomic mass is 10.1. The van der Waals surface area contributed by atoms with E-state index in [1.54, 1.807) is 7.11 Å². The van der Waals surface area contributed by atoms with Gasteiger partial charge in [-0.2, -0.15) is 0 Å². The summed E-state index contributed by atoms with van der Waals surface area (Å²) in [5.41, 5.74) is 3.53. The highest BCUT2D eigenvalue weighted by Crippen LogP contribution is 2.30. The minimum Gasteiger partial charge on any atom is -0.494 e. The van der Waals surface area contributed by atoms with Crippen molar-refractivity contribution in [2.24, 2.45) is 0 Å². The second-order valence-corrected chi connectivity index (χ2v) is 5.15. The average Bonchev–Trinajstić information content (AvgIpc) is 2.26.